The summed E-state index contributed by atoms with van der Waals surface area (Å²) in [5.41, 5.74) is -0.341. The Kier molecular flexibility index (Phi) is 4.32. The zero-order valence-electron chi connectivity index (χ0n) is 10.6. The monoisotopic (exact) mass is 361 g/mol. The van der Waals surface area contributed by atoms with Crippen molar-refractivity contribution in [3.63, 3.8) is 0 Å². The fraction of sp³-hybridized carbons (Fsp3) is 0.0714. The van der Waals surface area contributed by atoms with Gasteiger partial charge in [0.1, 0.15) is 5.69 Å². The largest absolute Gasteiger partial charge is 0.317 e. The van der Waals surface area contributed by atoms with E-state index in [4.69, 9.17) is 0 Å². The maximum absolute atomic E-state index is 13.5. The van der Waals surface area contributed by atoms with Crippen molar-refractivity contribution in [3.8, 4) is 0 Å². The van der Waals surface area contributed by atoms with Gasteiger partial charge in [0, 0.05) is 16.1 Å². The highest BCUT2D eigenvalue weighted by Crippen LogP contribution is 2.25. The van der Waals surface area contributed by atoms with E-state index in [0.717, 1.165) is 4.47 Å². The van der Waals surface area contributed by atoms with Crippen LogP contribution in [0.1, 0.15) is 15.9 Å². The van der Waals surface area contributed by atoms with Crippen molar-refractivity contribution in [1.82, 2.24) is 0 Å². The van der Waals surface area contributed by atoms with Crippen LogP contribution in [0.25, 0.3) is 0 Å². The van der Waals surface area contributed by atoms with Gasteiger partial charge in [-0.05, 0) is 30.7 Å². The zero-order chi connectivity index (χ0) is 15.7. The topological polar surface area (TPSA) is 29.1 Å². The van der Waals surface area contributed by atoms with Crippen LogP contribution in [-0.2, 0) is 0 Å². The van der Waals surface area contributed by atoms with E-state index in [1.54, 1.807) is 13.0 Å². The van der Waals surface area contributed by atoms with E-state index in [-0.39, 0.29) is 11.6 Å². The Morgan fingerprint density at radius 1 is 1.05 bits per heavy atom. The number of halogens is 5. The molecule has 0 radical (unpaired) electrons. The van der Waals surface area contributed by atoms with Crippen molar-refractivity contribution in [2.75, 3.05) is 5.32 Å². The number of hydrogen-bond donors (Lipinski definition) is 1. The van der Waals surface area contributed by atoms with E-state index in [9.17, 15) is 22.4 Å². The number of benzene rings is 2. The van der Waals surface area contributed by atoms with Gasteiger partial charge >= 0.3 is 0 Å². The number of carbonyl (C=O) groups is 1. The van der Waals surface area contributed by atoms with Crippen LogP contribution < -0.4 is 5.32 Å². The third-order valence-electron chi connectivity index (χ3n) is 2.77. The summed E-state index contributed by atoms with van der Waals surface area (Å²) in [5, 5.41) is 1.84. The van der Waals surface area contributed by atoms with Gasteiger partial charge in [0.25, 0.3) is 5.91 Å². The Hall–Kier alpha value is -1.89. The minimum absolute atomic E-state index is 0.0735. The SMILES string of the molecule is Cc1cc(C(=O)Nc2c(F)c(F)cc(F)c2F)ccc1Br. The van der Waals surface area contributed by atoms with Gasteiger partial charge in [0.05, 0.1) is 0 Å². The molecule has 0 saturated carbocycles. The molecule has 2 nitrogen and oxygen atoms in total. The number of anilines is 1. The molecule has 0 fully saturated rings. The lowest BCUT2D eigenvalue weighted by Crippen LogP contribution is -2.16. The maximum atomic E-state index is 13.5. The first-order valence-electron chi connectivity index (χ1n) is 5.71. The maximum Gasteiger partial charge on any atom is 0.255 e. The Morgan fingerprint density at radius 2 is 1.62 bits per heavy atom. The number of carbonyl (C=O) groups excluding carboxylic acids is 1. The number of hydrogen-bond acceptors (Lipinski definition) is 1. The van der Waals surface area contributed by atoms with E-state index in [0.29, 0.717) is 5.56 Å². The normalized spacial score (nSPS) is 10.6. The van der Waals surface area contributed by atoms with Crippen molar-refractivity contribution in [2.24, 2.45) is 0 Å². The molecule has 21 heavy (non-hydrogen) atoms. The summed E-state index contributed by atoms with van der Waals surface area (Å²) < 4.78 is 53.8. The average molecular weight is 362 g/mol. The van der Waals surface area contributed by atoms with E-state index in [2.05, 4.69) is 15.9 Å². The lowest BCUT2D eigenvalue weighted by Gasteiger charge is -2.09. The van der Waals surface area contributed by atoms with Crippen LogP contribution in [-0.4, -0.2) is 5.91 Å². The second kappa shape index (κ2) is 5.85. The lowest BCUT2D eigenvalue weighted by atomic mass is 10.1. The highest BCUT2D eigenvalue weighted by atomic mass is 79.9. The molecule has 0 spiro atoms. The van der Waals surface area contributed by atoms with Crippen LogP contribution in [0.15, 0.2) is 28.7 Å². The van der Waals surface area contributed by atoms with Gasteiger partial charge in [-0.3, -0.25) is 4.79 Å². The highest BCUT2D eigenvalue weighted by molar-refractivity contribution is 9.10. The molecule has 0 aromatic heterocycles. The van der Waals surface area contributed by atoms with Crippen molar-refractivity contribution in [3.05, 3.63) is 63.1 Å². The Balaban J connectivity index is 2.38. The fourth-order valence-electron chi connectivity index (χ4n) is 1.65. The summed E-state index contributed by atoms with van der Waals surface area (Å²) in [6.07, 6.45) is 0. The first-order chi connectivity index (χ1) is 9.81. The Labute approximate surface area is 125 Å². The van der Waals surface area contributed by atoms with Gasteiger partial charge < -0.3 is 5.32 Å². The minimum Gasteiger partial charge on any atom is -0.317 e. The van der Waals surface area contributed by atoms with Crippen molar-refractivity contribution in [2.45, 2.75) is 6.92 Å². The molecule has 0 saturated heterocycles. The summed E-state index contributed by atoms with van der Waals surface area (Å²) in [4.78, 5) is 11.9. The zero-order valence-corrected chi connectivity index (χ0v) is 12.2. The minimum atomic E-state index is -1.66. The van der Waals surface area contributed by atoms with Crippen LogP contribution >= 0.6 is 15.9 Å². The van der Waals surface area contributed by atoms with Gasteiger partial charge in [-0.15, -0.1) is 0 Å². The quantitative estimate of drug-likeness (QED) is 0.616. The number of nitrogens with one attached hydrogen (secondary N) is 1. The molecule has 7 heteroatoms. The second-order valence-electron chi connectivity index (χ2n) is 4.26. The van der Waals surface area contributed by atoms with Gasteiger partial charge in [-0.25, -0.2) is 17.6 Å². The predicted octanol–water partition coefficient (Wildman–Crippen LogP) is 4.57. The van der Waals surface area contributed by atoms with E-state index < -0.39 is 34.9 Å². The van der Waals surface area contributed by atoms with Crippen molar-refractivity contribution in [1.29, 1.82) is 0 Å². The third kappa shape index (κ3) is 3.07. The Morgan fingerprint density at radius 3 is 2.14 bits per heavy atom. The third-order valence-corrected chi connectivity index (χ3v) is 3.66. The van der Waals surface area contributed by atoms with Crippen molar-refractivity contribution < 1.29 is 22.4 Å². The molecule has 0 heterocycles. The molecule has 2 rings (SSSR count). The van der Waals surface area contributed by atoms with Crippen LogP contribution in [0.4, 0.5) is 23.2 Å². The molecule has 0 aliphatic carbocycles. The summed E-state index contributed by atoms with van der Waals surface area (Å²) in [5.74, 6) is -7.37. The van der Waals surface area contributed by atoms with Gasteiger partial charge in [-0.1, -0.05) is 15.9 Å². The molecule has 2 aromatic carbocycles. The lowest BCUT2D eigenvalue weighted by molar-refractivity contribution is 0.102. The molecule has 0 unspecified atom stereocenters. The van der Waals surface area contributed by atoms with Crippen LogP contribution in [0, 0.1) is 30.2 Å². The highest BCUT2D eigenvalue weighted by Gasteiger charge is 2.21. The molecule has 110 valence electrons. The molecule has 0 aliphatic rings. The van der Waals surface area contributed by atoms with Gasteiger partial charge in [0.2, 0.25) is 0 Å². The Bertz CT molecular complexity index is 707. The first kappa shape index (κ1) is 15.5. The molecular weight excluding hydrogens is 354 g/mol. The molecule has 0 bridgehead atoms. The standard InChI is InChI=1S/C14H8BrF4NO/c1-6-4-7(2-3-8(6)15)14(21)20-13-11(18)9(16)5-10(17)12(13)19/h2-5H,1H3,(H,20,21). The molecular formula is C14H8BrF4NO. The molecule has 1 N–H and O–H groups in total. The molecule has 0 atom stereocenters. The molecule has 1 amide bonds. The van der Waals surface area contributed by atoms with Crippen molar-refractivity contribution >= 4 is 27.5 Å². The smallest absolute Gasteiger partial charge is 0.255 e. The summed E-state index contributed by atoms with van der Waals surface area (Å²) in [6.45, 7) is 1.71. The summed E-state index contributed by atoms with van der Waals surface area (Å²) in [7, 11) is 0. The number of rotatable bonds is 2. The van der Waals surface area contributed by atoms with Crippen LogP contribution in [0.3, 0.4) is 0 Å². The molecule has 2 aromatic rings. The van der Waals surface area contributed by atoms with Gasteiger partial charge in [-0.2, -0.15) is 0 Å². The fourth-order valence-corrected chi connectivity index (χ4v) is 1.90. The van der Waals surface area contributed by atoms with Gasteiger partial charge in [0.15, 0.2) is 23.3 Å². The number of amides is 1. The van der Waals surface area contributed by atoms with Crippen LogP contribution in [0.5, 0.6) is 0 Å². The first-order valence-corrected chi connectivity index (χ1v) is 6.51. The van der Waals surface area contributed by atoms with Crippen LogP contribution in [0.2, 0.25) is 0 Å². The second-order valence-corrected chi connectivity index (χ2v) is 5.12. The van der Waals surface area contributed by atoms with E-state index >= 15 is 0 Å². The average Bonchev–Trinajstić information content (AvgIpc) is 2.44. The molecule has 0 aliphatic heterocycles. The summed E-state index contributed by atoms with van der Waals surface area (Å²) in [6, 6.07) is 4.51. The van der Waals surface area contributed by atoms with E-state index in [1.807, 2.05) is 5.32 Å². The number of aryl methyl sites for hydroxylation is 1. The predicted molar refractivity (Wildman–Crippen MR) is 73.1 cm³/mol. The van der Waals surface area contributed by atoms with E-state index in [1.165, 1.54) is 12.1 Å². The summed E-state index contributed by atoms with van der Waals surface area (Å²) >= 11 is 3.24.